The minimum absolute atomic E-state index is 1.04. The number of hydrogen-bond donors (Lipinski definition) is 1. The van der Waals surface area contributed by atoms with E-state index >= 15 is 0 Å². The van der Waals surface area contributed by atoms with Crippen molar-refractivity contribution in [2.24, 2.45) is 0 Å². The molecule has 2 aromatic heterocycles. The van der Waals surface area contributed by atoms with E-state index in [0.717, 1.165) is 4.21 Å². The first-order chi connectivity index (χ1) is 4.86. The molecule has 3 heteroatoms. The average molecular weight is 167 g/mol. The molecule has 2 heterocycles. The molecule has 0 saturated heterocycles. The van der Waals surface area contributed by atoms with Crippen molar-refractivity contribution in [3.63, 3.8) is 0 Å². The first kappa shape index (κ1) is 6.19. The maximum Gasteiger partial charge on any atom is 0.0581 e. The molecule has 0 unspecified atom stereocenters. The lowest BCUT2D eigenvalue weighted by atomic mass is 10.3. The third-order valence-corrected chi connectivity index (χ3v) is 2.60. The number of pyridine rings is 1. The van der Waals surface area contributed by atoms with E-state index in [-0.39, 0.29) is 0 Å². The molecule has 10 heavy (non-hydrogen) atoms. The largest absolute Gasteiger partial charge is 0.263 e. The van der Waals surface area contributed by atoms with Crippen LogP contribution in [0.25, 0.3) is 10.1 Å². The summed E-state index contributed by atoms with van der Waals surface area (Å²) < 4.78 is 2.25. The van der Waals surface area contributed by atoms with E-state index in [1.807, 2.05) is 18.3 Å². The van der Waals surface area contributed by atoms with Gasteiger partial charge in [0.1, 0.15) is 0 Å². The molecule has 0 saturated carbocycles. The third kappa shape index (κ3) is 0.914. The van der Waals surface area contributed by atoms with Crippen LogP contribution >= 0.6 is 24.0 Å². The number of thiophene rings is 1. The molecule has 0 aliphatic carbocycles. The van der Waals surface area contributed by atoms with Crippen LogP contribution in [0.4, 0.5) is 0 Å². The third-order valence-electron chi connectivity index (χ3n) is 1.31. The van der Waals surface area contributed by atoms with Gasteiger partial charge in [0.25, 0.3) is 0 Å². The molecule has 50 valence electrons. The van der Waals surface area contributed by atoms with Gasteiger partial charge in [-0.3, -0.25) is 4.98 Å². The number of fused-ring (bicyclic) bond motifs is 1. The molecule has 0 aliphatic rings. The van der Waals surface area contributed by atoms with Crippen LogP contribution in [0.3, 0.4) is 0 Å². The van der Waals surface area contributed by atoms with Crippen LogP contribution in [0.15, 0.2) is 28.7 Å². The number of aromatic nitrogens is 1. The maximum absolute atomic E-state index is 4.23. The summed E-state index contributed by atoms with van der Waals surface area (Å²) in [4.78, 5) is 4.00. The summed E-state index contributed by atoms with van der Waals surface area (Å²) in [6.45, 7) is 0. The number of rotatable bonds is 0. The Bertz CT molecular complexity index is 320. The van der Waals surface area contributed by atoms with Gasteiger partial charge in [-0.1, -0.05) is 0 Å². The molecule has 0 bridgehead atoms. The molecule has 0 atom stereocenters. The van der Waals surface area contributed by atoms with Crippen molar-refractivity contribution in [1.82, 2.24) is 4.98 Å². The van der Waals surface area contributed by atoms with Gasteiger partial charge < -0.3 is 0 Å². The molecule has 2 aromatic rings. The van der Waals surface area contributed by atoms with Crippen molar-refractivity contribution in [1.29, 1.82) is 0 Å². The van der Waals surface area contributed by atoms with Gasteiger partial charge >= 0.3 is 0 Å². The topological polar surface area (TPSA) is 12.9 Å². The molecule has 0 N–H and O–H groups in total. The molecule has 1 nitrogen and oxygen atoms in total. The Kier molecular flexibility index (Phi) is 1.39. The van der Waals surface area contributed by atoms with E-state index in [4.69, 9.17) is 0 Å². The molecule has 0 amide bonds. The summed E-state index contributed by atoms with van der Waals surface area (Å²) in [5.41, 5.74) is 0. The quantitative estimate of drug-likeness (QED) is 0.595. The molecule has 0 radical (unpaired) electrons. The zero-order valence-corrected chi connectivity index (χ0v) is 6.82. The standard InChI is InChI=1S/C7H5NS2/c9-7-3-5-1-2-8-4-6(5)10-7/h1-4,9H. The Hall–Kier alpha value is -0.540. The van der Waals surface area contributed by atoms with Crippen LogP contribution < -0.4 is 0 Å². The summed E-state index contributed by atoms with van der Waals surface area (Å²) in [5.74, 6) is 0. The smallest absolute Gasteiger partial charge is 0.0581 e. The van der Waals surface area contributed by atoms with Crippen LogP contribution in [-0.4, -0.2) is 4.98 Å². The fraction of sp³-hybridized carbons (Fsp3) is 0. The molecule has 0 aromatic carbocycles. The minimum Gasteiger partial charge on any atom is -0.263 e. The summed E-state index contributed by atoms with van der Waals surface area (Å²) in [7, 11) is 0. The van der Waals surface area contributed by atoms with Gasteiger partial charge in [0.05, 0.1) is 8.91 Å². The van der Waals surface area contributed by atoms with Crippen molar-refractivity contribution in [2.45, 2.75) is 4.21 Å². The van der Waals surface area contributed by atoms with Crippen molar-refractivity contribution in [2.75, 3.05) is 0 Å². The van der Waals surface area contributed by atoms with E-state index in [1.165, 1.54) is 10.1 Å². The Balaban J connectivity index is 2.88. The molecule has 0 fully saturated rings. The van der Waals surface area contributed by atoms with Crippen LogP contribution in [-0.2, 0) is 0 Å². The van der Waals surface area contributed by atoms with Gasteiger partial charge in [0.2, 0.25) is 0 Å². The SMILES string of the molecule is Sc1cc2ccncc2s1. The molecule has 2 rings (SSSR count). The lowest BCUT2D eigenvalue weighted by Gasteiger charge is -1.81. The summed E-state index contributed by atoms with van der Waals surface area (Å²) in [5, 5.41) is 1.23. The van der Waals surface area contributed by atoms with Crippen molar-refractivity contribution in [3.8, 4) is 0 Å². The first-order valence-corrected chi connectivity index (χ1v) is 4.15. The number of thiol groups is 1. The second-order valence-corrected chi connectivity index (χ2v) is 3.87. The number of hydrogen-bond acceptors (Lipinski definition) is 3. The maximum atomic E-state index is 4.23. The minimum atomic E-state index is 1.04. The highest BCUT2D eigenvalue weighted by atomic mass is 32.2. The summed E-state index contributed by atoms with van der Waals surface area (Å²) >= 11 is 5.89. The Morgan fingerprint density at radius 1 is 1.50 bits per heavy atom. The Labute approximate surface area is 68.1 Å². The van der Waals surface area contributed by atoms with Gasteiger partial charge in [-0.15, -0.1) is 24.0 Å². The van der Waals surface area contributed by atoms with Gasteiger partial charge in [0.15, 0.2) is 0 Å². The van der Waals surface area contributed by atoms with Crippen molar-refractivity contribution in [3.05, 3.63) is 24.5 Å². The highest BCUT2D eigenvalue weighted by Crippen LogP contribution is 2.26. The van der Waals surface area contributed by atoms with Gasteiger partial charge in [-0.05, 0) is 17.5 Å². The predicted molar refractivity (Wildman–Crippen MR) is 46.9 cm³/mol. The van der Waals surface area contributed by atoms with E-state index in [0.29, 0.717) is 0 Å². The lowest BCUT2D eigenvalue weighted by molar-refractivity contribution is 1.37. The van der Waals surface area contributed by atoms with Crippen LogP contribution in [0, 0.1) is 0 Å². The van der Waals surface area contributed by atoms with Gasteiger partial charge in [0, 0.05) is 12.4 Å². The molecule has 0 aliphatic heterocycles. The van der Waals surface area contributed by atoms with E-state index in [9.17, 15) is 0 Å². The molecular formula is C7H5NS2. The fourth-order valence-corrected chi connectivity index (χ4v) is 2.07. The second kappa shape index (κ2) is 2.25. The normalized spacial score (nSPS) is 10.5. The van der Waals surface area contributed by atoms with Crippen LogP contribution in [0.5, 0.6) is 0 Å². The first-order valence-electron chi connectivity index (χ1n) is 2.89. The monoisotopic (exact) mass is 167 g/mol. The molecule has 0 spiro atoms. The summed E-state index contributed by atoms with van der Waals surface area (Å²) in [6.07, 6.45) is 3.65. The van der Waals surface area contributed by atoms with E-state index in [1.54, 1.807) is 17.5 Å². The summed E-state index contributed by atoms with van der Waals surface area (Å²) in [6, 6.07) is 4.04. The van der Waals surface area contributed by atoms with Gasteiger partial charge in [-0.25, -0.2) is 0 Å². The average Bonchev–Trinajstić information content (AvgIpc) is 2.27. The fourth-order valence-electron chi connectivity index (χ4n) is 0.870. The van der Waals surface area contributed by atoms with Crippen LogP contribution in [0.2, 0.25) is 0 Å². The van der Waals surface area contributed by atoms with E-state index < -0.39 is 0 Å². The second-order valence-electron chi connectivity index (χ2n) is 2.00. The highest BCUT2D eigenvalue weighted by Gasteiger charge is 1.95. The zero-order chi connectivity index (χ0) is 6.97. The lowest BCUT2D eigenvalue weighted by Crippen LogP contribution is -1.64. The van der Waals surface area contributed by atoms with Crippen LogP contribution in [0.1, 0.15) is 0 Å². The predicted octanol–water partition coefficient (Wildman–Crippen LogP) is 2.58. The zero-order valence-electron chi connectivity index (χ0n) is 5.11. The Morgan fingerprint density at radius 3 is 3.20 bits per heavy atom. The Morgan fingerprint density at radius 2 is 2.40 bits per heavy atom. The van der Waals surface area contributed by atoms with Crippen molar-refractivity contribution >= 4 is 34.1 Å². The van der Waals surface area contributed by atoms with Gasteiger partial charge in [-0.2, -0.15) is 0 Å². The molecular weight excluding hydrogens is 162 g/mol. The highest BCUT2D eigenvalue weighted by molar-refractivity contribution is 7.83. The van der Waals surface area contributed by atoms with E-state index in [2.05, 4.69) is 17.6 Å². The number of nitrogens with zero attached hydrogens (tertiary/aromatic N) is 1. The van der Waals surface area contributed by atoms with Crippen molar-refractivity contribution < 1.29 is 0 Å².